The molecule has 0 spiro atoms. The minimum atomic E-state index is -1.02. The minimum absolute atomic E-state index is 0.0982. The van der Waals surface area contributed by atoms with Crippen LogP contribution < -0.4 is 5.32 Å². The summed E-state index contributed by atoms with van der Waals surface area (Å²) < 4.78 is 0. The van der Waals surface area contributed by atoms with E-state index in [2.05, 4.69) is 24.1 Å². The lowest BCUT2D eigenvalue weighted by molar-refractivity contribution is 0.0697. The fourth-order valence-corrected chi connectivity index (χ4v) is 3.19. The van der Waals surface area contributed by atoms with Crippen LogP contribution >= 0.6 is 11.6 Å². The molecular formula is C15H21ClN2O2. The van der Waals surface area contributed by atoms with E-state index in [1.807, 2.05) is 0 Å². The Labute approximate surface area is 124 Å². The molecule has 1 aromatic heterocycles. The number of pyridine rings is 1. The van der Waals surface area contributed by atoms with Crippen molar-refractivity contribution in [3.63, 3.8) is 0 Å². The third kappa shape index (κ3) is 3.42. The SMILES string of the molecule is CC(C)C1CCCCC1Nc1cc(C(=O)O)c(Cl)cn1. The summed E-state index contributed by atoms with van der Waals surface area (Å²) in [6.07, 6.45) is 6.21. The van der Waals surface area contributed by atoms with E-state index in [9.17, 15) is 4.79 Å². The lowest BCUT2D eigenvalue weighted by Crippen LogP contribution is -2.35. The molecule has 0 amide bonds. The van der Waals surface area contributed by atoms with Gasteiger partial charge in [0.2, 0.25) is 0 Å². The summed E-state index contributed by atoms with van der Waals surface area (Å²) in [5.41, 5.74) is 0.0982. The molecule has 2 N–H and O–H groups in total. The highest BCUT2D eigenvalue weighted by atomic mass is 35.5. The standard InChI is InChI=1S/C15H21ClN2O2/c1-9(2)10-5-3-4-6-13(10)18-14-7-11(15(19)20)12(16)8-17-14/h7-10,13H,3-6H2,1-2H3,(H,17,18)(H,19,20). The first kappa shape index (κ1) is 15.1. The maximum atomic E-state index is 11.1. The molecule has 1 aliphatic rings. The summed E-state index contributed by atoms with van der Waals surface area (Å²) in [5, 5.41) is 12.7. The largest absolute Gasteiger partial charge is 0.478 e. The highest BCUT2D eigenvalue weighted by Crippen LogP contribution is 2.32. The number of carboxylic acid groups (broad SMARTS) is 1. The highest BCUT2D eigenvalue weighted by Gasteiger charge is 2.27. The summed E-state index contributed by atoms with van der Waals surface area (Å²) in [4.78, 5) is 15.3. The molecular weight excluding hydrogens is 276 g/mol. The fraction of sp³-hybridized carbons (Fsp3) is 0.600. The Morgan fingerprint density at radius 1 is 1.45 bits per heavy atom. The predicted octanol–water partition coefficient (Wildman–Crippen LogP) is 4.06. The van der Waals surface area contributed by atoms with Crippen LogP contribution in [0.2, 0.25) is 5.02 Å². The quantitative estimate of drug-likeness (QED) is 0.879. The topological polar surface area (TPSA) is 62.2 Å². The minimum Gasteiger partial charge on any atom is -0.478 e. The van der Waals surface area contributed by atoms with Crippen LogP contribution in [0.3, 0.4) is 0 Å². The van der Waals surface area contributed by atoms with Gasteiger partial charge in [0.25, 0.3) is 0 Å². The molecule has 0 aliphatic heterocycles. The van der Waals surface area contributed by atoms with Crippen molar-refractivity contribution in [2.45, 2.75) is 45.6 Å². The molecule has 1 fully saturated rings. The summed E-state index contributed by atoms with van der Waals surface area (Å²) in [6, 6.07) is 1.88. The Morgan fingerprint density at radius 2 is 2.15 bits per heavy atom. The van der Waals surface area contributed by atoms with Crippen LogP contribution in [-0.2, 0) is 0 Å². The number of nitrogens with one attached hydrogen (secondary N) is 1. The average Bonchev–Trinajstić information content (AvgIpc) is 2.41. The van der Waals surface area contributed by atoms with Gasteiger partial charge >= 0.3 is 5.97 Å². The van der Waals surface area contributed by atoms with Crippen LogP contribution in [0.25, 0.3) is 0 Å². The number of nitrogens with zero attached hydrogens (tertiary/aromatic N) is 1. The Morgan fingerprint density at radius 3 is 2.80 bits per heavy atom. The van der Waals surface area contributed by atoms with Crippen molar-refractivity contribution < 1.29 is 9.90 Å². The van der Waals surface area contributed by atoms with Gasteiger partial charge in [-0.05, 0) is 30.7 Å². The molecule has 0 bridgehead atoms. The molecule has 2 unspecified atom stereocenters. The predicted molar refractivity (Wildman–Crippen MR) is 80.4 cm³/mol. The zero-order valence-electron chi connectivity index (χ0n) is 11.9. The monoisotopic (exact) mass is 296 g/mol. The first-order chi connectivity index (χ1) is 9.49. The van der Waals surface area contributed by atoms with Crippen molar-refractivity contribution in [2.24, 2.45) is 11.8 Å². The molecule has 4 nitrogen and oxygen atoms in total. The normalized spacial score (nSPS) is 22.8. The number of hydrogen-bond donors (Lipinski definition) is 2. The molecule has 0 aromatic carbocycles. The first-order valence-electron chi connectivity index (χ1n) is 7.14. The number of carbonyl (C=O) groups is 1. The van der Waals surface area contributed by atoms with E-state index in [0.717, 1.165) is 6.42 Å². The zero-order valence-corrected chi connectivity index (χ0v) is 12.7. The number of anilines is 1. The van der Waals surface area contributed by atoms with Crippen molar-refractivity contribution in [1.29, 1.82) is 0 Å². The zero-order chi connectivity index (χ0) is 14.7. The molecule has 5 heteroatoms. The lowest BCUT2D eigenvalue weighted by Gasteiger charge is -2.35. The van der Waals surface area contributed by atoms with E-state index >= 15 is 0 Å². The van der Waals surface area contributed by atoms with Crippen molar-refractivity contribution in [2.75, 3.05) is 5.32 Å². The number of halogens is 1. The fourth-order valence-electron chi connectivity index (χ4n) is 3.01. The van der Waals surface area contributed by atoms with Crippen LogP contribution in [0.4, 0.5) is 5.82 Å². The summed E-state index contributed by atoms with van der Waals surface area (Å²) in [6.45, 7) is 4.48. The Balaban J connectivity index is 2.16. The maximum Gasteiger partial charge on any atom is 0.337 e. The van der Waals surface area contributed by atoms with E-state index in [1.165, 1.54) is 31.5 Å². The smallest absolute Gasteiger partial charge is 0.337 e. The van der Waals surface area contributed by atoms with Gasteiger partial charge in [0.05, 0.1) is 10.6 Å². The van der Waals surface area contributed by atoms with Gasteiger partial charge in [-0.2, -0.15) is 0 Å². The Kier molecular flexibility index (Phi) is 4.86. The number of aromatic carboxylic acids is 1. The van der Waals surface area contributed by atoms with E-state index in [4.69, 9.17) is 16.7 Å². The molecule has 1 aliphatic carbocycles. The molecule has 20 heavy (non-hydrogen) atoms. The van der Waals surface area contributed by atoms with Gasteiger partial charge < -0.3 is 10.4 Å². The van der Waals surface area contributed by atoms with Crippen LogP contribution in [0.1, 0.15) is 49.9 Å². The van der Waals surface area contributed by atoms with Crippen LogP contribution in [-0.4, -0.2) is 22.1 Å². The molecule has 0 radical (unpaired) electrons. The number of hydrogen-bond acceptors (Lipinski definition) is 3. The summed E-state index contributed by atoms with van der Waals surface area (Å²) in [5.74, 6) is 0.794. The first-order valence-corrected chi connectivity index (χ1v) is 7.52. The highest BCUT2D eigenvalue weighted by molar-refractivity contribution is 6.33. The summed E-state index contributed by atoms with van der Waals surface area (Å²) in [7, 11) is 0. The van der Waals surface area contributed by atoms with Gasteiger partial charge in [-0.15, -0.1) is 0 Å². The van der Waals surface area contributed by atoms with Gasteiger partial charge in [-0.1, -0.05) is 38.3 Å². The second kappa shape index (κ2) is 6.44. The van der Waals surface area contributed by atoms with Crippen LogP contribution in [0.5, 0.6) is 0 Å². The van der Waals surface area contributed by atoms with Gasteiger partial charge in [0.15, 0.2) is 0 Å². The van der Waals surface area contributed by atoms with Gasteiger partial charge in [-0.3, -0.25) is 0 Å². The molecule has 2 atom stereocenters. The third-order valence-electron chi connectivity index (χ3n) is 4.09. The molecule has 1 heterocycles. The van der Waals surface area contributed by atoms with Crippen LogP contribution in [0.15, 0.2) is 12.3 Å². The van der Waals surface area contributed by atoms with E-state index in [1.54, 1.807) is 0 Å². The van der Waals surface area contributed by atoms with Crippen molar-refractivity contribution in [3.05, 3.63) is 22.8 Å². The van der Waals surface area contributed by atoms with Gasteiger partial charge in [0.1, 0.15) is 5.82 Å². The number of rotatable bonds is 4. The van der Waals surface area contributed by atoms with Crippen molar-refractivity contribution >= 4 is 23.4 Å². The summed E-state index contributed by atoms with van der Waals surface area (Å²) >= 11 is 5.84. The number of aromatic nitrogens is 1. The van der Waals surface area contributed by atoms with Gasteiger partial charge in [-0.25, -0.2) is 9.78 Å². The Bertz CT molecular complexity index is 491. The van der Waals surface area contributed by atoms with Crippen LogP contribution in [0, 0.1) is 11.8 Å². The molecule has 1 saturated carbocycles. The molecule has 0 saturated heterocycles. The molecule has 2 rings (SSSR count). The second-order valence-corrected chi connectivity index (χ2v) is 6.20. The maximum absolute atomic E-state index is 11.1. The van der Waals surface area contributed by atoms with E-state index in [0.29, 0.717) is 23.7 Å². The number of carboxylic acids is 1. The van der Waals surface area contributed by atoms with E-state index in [-0.39, 0.29) is 10.6 Å². The molecule has 1 aromatic rings. The van der Waals surface area contributed by atoms with Crippen molar-refractivity contribution in [3.8, 4) is 0 Å². The molecule has 110 valence electrons. The Hall–Kier alpha value is -1.29. The van der Waals surface area contributed by atoms with Crippen molar-refractivity contribution in [1.82, 2.24) is 4.98 Å². The second-order valence-electron chi connectivity index (χ2n) is 5.80. The lowest BCUT2D eigenvalue weighted by atomic mass is 9.78. The van der Waals surface area contributed by atoms with Gasteiger partial charge in [0, 0.05) is 12.2 Å². The third-order valence-corrected chi connectivity index (χ3v) is 4.40. The van der Waals surface area contributed by atoms with E-state index < -0.39 is 5.97 Å². The average molecular weight is 297 g/mol.